The average molecular weight is 404 g/mol. The van der Waals surface area contributed by atoms with Crippen molar-refractivity contribution >= 4 is 11.8 Å². The number of benzene rings is 2. The summed E-state index contributed by atoms with van der Waals surface area (Å²) in [4.78, 5) is 26.9. The van der Waals surface area contributed by atoms with Crippen LogP contribution in [0.5, 0.6) is 0 Å². The highest BCUT2D eigenvalue weighted by Crippen LogP contribution is 2.29. The van der Waals surface area contributed by atoms with Gasteiger partial charge in [0.15, 0.2) is 0 Å². The predicted molar refractivity (Wildman–Crippen MR) is 103 cm³/mol. The largest absolute Gasteiger partial charge is 0.416 e. The number of rotatable bonds is 6. The molecule has 1 aliphatic heterocycles. The minimum absolute atomic E-state index is 0.0389. The van der Waals surface area contributed by atoms with Crippen LogP contribution in [0.15, 0.2) is 54.6 Å². The molecule has 29 heavy (non-hydrogen) atoms. The third-order valence-corrected chi connectivity index (χ3v) is 5.03. The zero-order valence-electron chi connectivity index (χ0n) is 15.9. The summed E-state index contributed by atoms with van der Waals surface area (Å²) in [5.74, 6) is -0.318. The minimum atomic E-state index is -4.36. The number of likely N-dealkylation sites (tertiary alicyclic amines) is 1. The molecule has 2 aromatic rings. The lowest BCUT2D eigenvalue weighted by atomic mass is 10.0. The Balaban J connectivity index is 1.65. The van der Waals surface area contributed by atoms with Gasteiger partial charge in [0.25, 0.3) is 0 Å². The van der Waals surface area contributed by atoms with Crippen LogP contribution in [0.4, 0.5) is 13.2 Å². The van der Waals surface area contributed by atoms with Crippen LogP contribution in [0.1, 0.15) is 42.0 Å². The highest BCUT2D eigenvalue weighted by Gasteiger charge is 2.32. The number of alkyl halides is 3. The summed E-state index contributed by atoms with van der Waals surface area (Å²) in [6.07, 6.45) is -1.85. The number of hydrogen-bond donors (Lipinski definition) is 1. The maximum atomic E-state index is 12.9. The molecule has 0 aromatic heterocycles. The van der Waals surface area contributed by atoms with Gasteiger partial charge < -0.3 is 10.2 Å². The Labute approximate surface area is 167 Å². The van der Waals surface area contributed by atoms with Gasteiger partial charge in [0.2, 0.25) is 11.8 Å². The fraction of sp³-hybridized carbons (Fsp3) is 0.364. The molecule has 2 amide bonds. The van der Waals surface area contributed by atoms with Gasteiger partial charge in [0, 0.05) is 19.5 Å². The van der Waals surface area contributed by atoms with Gasteiger partial charge in [0.1, 0.15) is 6.04 Å². The van der Waals surface area contributed by atoms with Crippen molar-refractivity contribution in [3.63, 3.8) is 0 Å². The number of halogens is 3. The van der Waals surface area contributed by atoms with Crippen molar-refractivity contribution in [2.75, 3.05) is 13.1 Å². The van der Waals surface area contributed by atoms with Crippen LogP contribution >= 0.6 is 0 Å². The Bertz CT molecular complexity index is 835. The fourth-order valence-electron chi connectivity index (χ4n) is 3.50. The SMILES string of the molecule is O=C(NCCc1ccc(C(F)(F)F)cc1)C(c1ccccc1)N1CCCCC1=O. The first kappa shape index (κ1) is 20.9. The molecule has 1 heterocycles. The van der Waals surface area contributed by atoms with Crippen LogP contribution in [-0.4, -0.2) is 29.8 Å². The summed E-state index contributed by atoms with van der Waals surface area (Å²) >= 11 is 0. The van der Waals surface area contributed by atoms with Crippen LogP contribution in [0.25, 0.3) is 0 Å². The van der Waals surface area contributed by atoms with Crippen molar-refractivity contribution in [1.82, 2.24) is 10.2 Å². The molecule has 0 bridgehead atoms. The molecule has 2 aromatic carbocycles. The summed E-state index contributed by atoms with van der Waals surface area (Å²) in [6.45, 7) is 0.806. The van der Waals surface area contributed by atoms with E-state index in [-0.39, 0.29) is 18.4 Å². The lowest BCUT2D eigenvalue weighted by molar-refractivity contribution is -0.142. The van der Waals surface area contributed by atoms with E-state index >= 15 is 0 Å². The van der Waals surface area contributed by atoms with E-state index in [0.717, 1.165) is 30.5 Å². The third kappa shape index (κ3) is 5.37. The van der Waals surface area contributed by atoms with Crippen molar-refractivity contribution in [2.45, 2.75) is 37.9 Å². The van der Waals surface area contributed by atoms with Crippen LogP contribution in [0.3, 0.4) is 0 Å². The van der Waals surface area contributed by atoms with E-state index in [2.05, 4.69) is 5.32 Å². The van der Waals surface area contributed by atoms with Gasteiger partial charge in [-0.2, -0.15) is 13.2 Å². The van der Waals surface area contributed by atoms with Gasteiger partial charge in [0.05, 0.1) is 5.56 Å². The summed E-state index contributed by atoms with van der Waals surface area (Å²) in [5.41, 5.74) is 0.747. The van der Waals surface area contributed by atoms with Gasteiger partial charge in [-0.3, -0.25) is 9.59 Å². The second-order valence-corrected chi connectivity index (χ2v) is 7.09. The minimum Gasteiger partial charge on any atom is -0.354 e. The van der Waals surface area contributed by atoms with E-state index in [1.165, 1.54) is 12.1 Å². The van der Waals surface area contributed by atoms with Crippen molar-refractivity contribution < 1.29 is 22.8 Å². The topological polar surface area (TPSA) is 49.4 Å². The molecule has 1 fully saturated rings. The van der Waals surface area contributed by atoms with Crippen LogP contribution in [0.2, 0.25) is 0 Å². The summed E-state index contributed by atoms with van der Waals surface area (Å²) < 4.78 is 37.9. The molecule has 1 saturated heterocycles. The lowest BCUT2D eigenvalue weighted by Crippen LogP contribution is -2.46. The van der Waals surface area contributed by atoms with Gasteiger partial charge in [-0.15, -0.1) is 0 Å². The summed E-state index contributed by atoms with van der Waals surface area (Å²) in [6, 6.07) is 13.3. The molecule has 3 rings (SSSR count). The highest BCUT2D eigenvalue weighted by molar-refractivity contribution is 5.89. The van der Waals surface area contributed by atoms with Gasteiger partial charge >= 0.3 is 6.18 Å². The lowest BCUT2D eigenvalue weighted by Gasteiger charge is -2.34. The molecular formula is C22H23F3N2O2. The summed E-state index contributed by atoms with van der Waals surface area (Å²) in [5, 5.41) is 2.84. The molecule has 4 nitrogen and oxygen atoms in total. The highest BCUT2D eigenvalue weighted by atomic mass is 19.4. The Kier molecular flexibility index (Phi) is 6.56. The first-order valence-electron chi connectivity index (χ1n) is 9.64. The monoisotopic (exact) mass is 404 g/mol. The first-order chi connectivity index (χ1) is 13.9. The van der Waals surface area contributed by atoms with Gasteiger partial charge in [-0.05, 0) is 42.5 Å². The zero-order chi connectivity index (χ0) is 20.9. The maximum Gasteiger partial charge on any atom is 0.416 e. The smallest absolute Gasteiger partial charge is 0.354 e. The molecule has 1 unspecified atom stereocenters. The standard InChI is InChI=1S/C22H23F3N2O2/c23-22(24,25)18-11-9-16(10-12-18)13-14-26-21(29)20(17-6-2-1-3-7-17)27-15-5-4-8-19(27)28/h1-3,6-7,9-12,20H,4-5,8,13-15H2,(H,26,29). The van der Waals surface area contributed by atoms with Crippen molar-refractivity contribution in [3.05, 3.63) is 71.3 Å². The number of piperidine rings is 1. The number of nitrogens with one attached hydrogen (secondary N) is 1. The average Bonchev–Trinajstić information content (AvgIpc) is 2.70. The molecule has 0 saturated carbocycles. The summed E-state index contributed by atoms with van der Waals surface area (Å²) in [7, 11) is 0. The molecule has 154 valence electrons. The van der Waals surface area contributed by atoms with E-state index in [4.69, 9.17) is 0 Å². The molecule has 0 spiro atoms. The Hall–Kier alpha value is -2.83. The number of nitrogens with zero attached hydrogens (tertiary/aromatic N) is 1. The second-order valence-electron chi connectivity index (χ2n) is 7.09. The van der Waals surface area contributed by atoms with Crippen molar-refractivity contribution in [3.8, 4) is 0 Å². The van der Waals surface area contributed by atoms with Crippen molar-refractivity contribution in [1.29, 1.82) is 0 Å². The zero-order valence-corrected chi connectivity index (χ0v) is 15.9. The molecule has 1 N–H and O–H groups in total. The predicted octanol–water partition coefficient (Wildman–Crippen LogP) is 4.12. The molecule has 1 atom stereocenters. The number of hydrogen-bond acceptors (Lipinski definition) is 2. The van der Waals surface area contributed by atoms with E-state index in [9.17, 15) is 22.8 Å². The van der Waals surface area contributed by atoms with Gasteiger partial charge in [-0.1, -0.05) is 42.5 Å². The number of amides is 2. The van der Waals surface area contributed by atoms with E-state index < -0.39 is 17.8 Å². The number of carbonyl (C=O) groups is 2. The van der Waals surface area contributed by atoms with Crippen LogP contribution in [0, 0.1) is 0 Å². The molecule has 1 aliphatic rings. The molecule has 7 heteroatoms. The third-order valence-electron chi connectivity index (χ3n) is 5.03. The molecule has 0 radical (unpaired) electrons. The molecule has 0 aliphatic carbocycles. The molecular weight excluding hydrogens is 381 g/mol. The second kappa shape index (κ2) is 9.11. The number of carbonyl (C=O) groups excluding carboxylic acids is 2. The van der Waals surface area contributed by atoms with E-state index in [1.54, 1.807) is 4.90 Å². The van der Waals surface area contributed by atoms with Crippen LogP contribution in [-0.2, 0) is 22.2 Å². The Morgan fingerprint density at radius 3 is 2.34 bits per heavy atom. The fourth-order valence-corrected chi connectivity index (χ4v) is 3.50. The van der Waals surface area contributed by atoms with E-state index in [1.807, 2.05) is 30.3 Å². The van der Waals surface area contributed by atoms with Crippen LogP contribution < -0.4 is 5.32 Å². The quantitative estimate of drug-likeness (QED) is 0.788. The van der Waals surface area contributed by atoms with Crippen molar-refractivity contribution in [2.24, 2.45) is 0 Å². The Morgan fingerprint density at radius 1 is 1.03 bits per heavy atom. The van der Waals surface area contributed by atoms with Gasteiger partial charge in [-0.25, -0.2) is 0 Å². The first-order valence-corrected chi connectivity index (χ1v) is 9.64. The van der Waals surface area contributed by atoms with E-state index in [0.29, 0.717) is 24.9 Å². The maximum absolute atomic E-state index is 12.9. The normalized spacial score (nSPS) is 15.8. The Morgan fingerprint density at radius 2 is 1.72 bits per heavy atom.